The first-order chi connectivity index (χ1) is 11.6. The van der Waals surface area contributed by atoms with Gasteiger partial charge in [0.15, 0.2) is 0 Å². The summed E-state index contributed by atoms with van der Waals surface area (Å²) < 4.78 is 5.79. The number of hydrogen-bond donors (Lipinski definition) is 1. The maximum Gasteiger partial charge on any atom is 0.273 e. The van der Waals surface area contributed by atoms with E-state index in [0.29, 0.717) is 24.8 Å². The fourth-order valence-corrected chi connectivity index (χ4v) is 2.92. The fraction of sp³-hybridized carbons (Fsp3) is 0.389. The molecule has 1 fully saturated rings. The molecule has 2 aromatic rings. The number of carbonyl (C=O) groups is 1. The quantitative estimate of drug-likeness (QED) is 0.938. The molecule has 0 spiro atoms. The van der Waals surface area contributed by atoms with Gasteiger partial charge in [-0.2, -0.15) is 0 Å². The third kappa shape index (κ3) is 3.38. The lowest BCUT2D eigenvalue weighted by Crippen LogP contribution is -2.47. The molecular formula is C18H22N4O2. The monoisotopic (exact) mass is 326 g/mol. The third-order valence-electron chi connectivity index (χ3n) is 4.11. The number of carbonyl (C=O) groups excluding carboxylic acids is 1. The van der Waals surface area contributed by atoms with Gasteiger partial charge in [-0.25, -0.2) is 9.97 Å². The van der Waals surface area contributed by atoms with Crippen molar-refractivity contribution >= 4 is 11.9 Å². The summed E-state index contributed by atoms with van der Waals surface area (Å²) in [4.78, 5) is 23.5. The van der Waals surface area contributed by atoms with Crippen molar-refractivity contribution < 1.29 is 9.53 Å². The van der Waals surface area contributed by atoms with Crippen LogP contribution in [0.4, 0.5) is 5.95 Å². The summed E-state index contributed by atoms with van der Waals surface area (Å²) >= 11 is 0. The first kappa shape index (κ1) is 16.4. The van der Waals surface area contributed by atoms with E-state index in [1.807, 2.05) is 49.1 Å². The minimum atomic E-state index is -0.108. The Morgan fingerprint density at radius 1 is 1.29 bits per heavy atom. The van der Waals surface area contributed by atoms with Crippen molar-refractivity contribution in [3.05, 3.63) is 53.3 Å². The Labute approximate surface area is 141 Å². The molecule has 1 aliphatic heterocycles. The first-order valence-electron chi connectivity index (χ1n) is 8.09. The maximum absolute atomic E-state index is 13.1. The highest BCUT2D eigenvalue weighted by Gasteiger charge is 2.33. The van der Waals surface area contributed by atoms with E-state index >= 15 is 0 Å². The molecule has 1 N–H and O–H groups in total. The molecule has 6 nitrogen and oxygen atoms in total. The largest absolute Gasteiger partial charge is 0.374 e. The van der Waals surface area contributed by atoms with E-state index in [1.54, 1.807) is 13.1 Å². The van der Waals surface area contributed by atoms with Crippen LogP contribution in [0.3, 0.4) is 0 Å². The summed E-state index contributed by atoms with van der Waals surface area (Å²) in [6.45, 7) is 4.86. The topological polar surface area (TPSA) is 67.4 Å². The van der Waals surface area contributed by atoms with Gasteiger partial charge in [0.2, 0.25) is 5.95 Å². The number of aromatic nitrogens is 2. The molecule has 1 saturated heterocycles. The Kier molecular flexibility index (Phi) is 4.76. The van der Waals surface area contributed by atoms with Gasteiger partial charge in [-0.3, -0.25) is 4.79 Å². The zero-order valence-corrected chi connectivity index (χ0v) is 14.2. The zero-order chi connectivity index (χ0) is 17.1. The molecule has 3 rings (SSSR count). The summed E-state index contributed by atoms with van der Waals surface area (Å²) in [5, 5.41) is 2.90. The molecule has 0 aliphatic carbocycles. The van der Waals surface area contributed by atoms with Crippen LogP contribution in [0, 0.1) is 6.92 Å². The highest BCUT2D eigenvalue weighted by atomic mass is 16.5. The molecule has 0 saturated carbocycles. The second kappa shape index (κ2) is 6.97. The Morgan fingerprint density at radius 3 is 2.75 bits per heavy atom. The number of anilines is 1. The minimum absolute atomic E-state index is 0.000571. The Morgan fingerprint density at radius 2 is 2.04 bits per heavy atom. The van der Waals surface area contributed by atoms with Gasteiger partial charge in [0.1, 0.15) is 5.69 Å². The lowest BCUT2D eigenvalue weighted by molar-refractivity contribution is -0.0449. The van der Waals surface area contributed by atoms with Crippen LogP contribution in [-0.4, -0.2) is 47.1 Å². The van der Waals surface area contributed by atoms with E-state index in [1.165, 1.54) is 0 Å². The second-order valence-corrected chi connectivity index (χ2v) is 6.00. The van der Waals surface area contributed by atoms with Crippen molar-refractivity contribution in [3.8, 4) is 0 Å². The second-order valence-electron chi connectivity index (χ2n) is 6.00. The van der Waals surface area contributed by atoms with Gasteiger partial charge in [0, 0.05) is 19.3 Å². The molecule has 6 heteroatoms. The lowest BCUT2D eigenvalue weighted by atomic mass is 10.0. The molecular weight excluding hydrogens is 304 g/mol. The summed E-state index contributed by atoms with van der Waals surface area (Å²) in [5.41, 5.74) is 2.23. The Bertz CT molecular complexity index is 720. The van der Waals surface area contributed by atoms with E-state index in [9.17, 15) is 4.79 Å². The Balaban J connectivity index is 1.94. The average Bonchev–Trinajstić information content (AvgIpc) is 2.61. The first-order valence-corrected chi connectivity index (χ1v) is 8.09. The van der Waals surface area contributed by atoms with Gasteiger partial charge in [-0.1, -0.05) is 30.3 Å². The molecule has 0 bridgehead atoms. The van der Waals surface area contributed by atoms with Crippen molar-refractivity contribution in [1.29, 1.82) is 0 Å². The van der Waals surface area contributed by atoms with Gasteiger partial charge >= 0.3 is 0 Å². The van der Waals surface area contributed by atoms with Crippen molar-refractivity contribution in [2.45, 2.75) is 26.0 Å². The molecule has 24 heavy (non-hydrogen) atoms. The molecule has 1 aromatic carbocycles. The van der Waals surface area contributed by atoms with Crippen LogP contribution in [0.5, 0.6) is 0 Å². The zero-order valence-electron chi connectivity index (χ0n) is 14.2. The molecule has 0 radical (unpaired) electrons. The van der Waals surface area contributed by atoms with E-state index in [0.717, 1.165) is 11.3 Å². The number of hydrogen-bond acceptors (Lipinski definition) is 5. The van der Waals surface area contributed by atoms with Gasteiger partial charge in [0.05, 0.1) is 18.8 Å². The van der Waals surface area contributed by atoms with Crippen molar-refractivity contribution in [3.63, 3.8) is 0 Å². The van der Waals surface area contributed by atoms with Crippen molar-refractivity contribution in [2.24, 2.45) is 0 Å². The predicted molar refractivity (Wildman–Crippen MR) is 91.9 cm³/mol. The number of amides is 1. The smallest absolute Gasteiger partial charge is 0.273 e. The average molecular weight is 326 g/mol. The van der Waals surface area contributed by atoms with Gasteiger partial charge in [-0.15, -0.1) is 0 Å². The molecule has 1 aliphatic rings. The number of nitrogens with one attached hydrogen (secondary N) is 1. The van der Waals surface area contributed by atoms with Crippen LogP contribution in [0.2, 0.25) is 0 Å². The standard InChI is InChI=1S/C18H22N4O2/c1-12-9-15(21-18(19-3)20-12)17(23)22-10-13(2)24-11-16(22)14-7-5-4-6-8-14/h4-9,13,16H,10-11H2,1-3H3,(H,19,20,21)/t13-,16-/m0/s1. The number of morpholine rings is 1. The Hall–Kier alpha value is -2.47. The van der Waals surface area contributed by atoms with Crippen molar-refractivity contribution in [2.75, 3.05) is 25.5 Å². The summed E-state index contributed by atoms with van der Waals surface area (Å²) in [6.07, 6.45) is 0.000571. The third-order valence-corrected chi connectivity index (χ3v) is 4.11. The number of benzene rings is 1. The number of ether oxygens (including phenoxy) is 1. The molecule has 1 aromatic heterocycles. The number of rotatable bonds is 3. The van der Waals surface area contributed by atoms with E-state index in [2.05, 4.69) is 15.3 Å². The molecule has 126 valence electrons. The number of aryl methyl sites for hydroxylation is 1. The van der Waals surface area contributed by atoms with Crippen LogP contribution in [0.25, 0.3) is 0 Å². The normalized spacial score (nSPS) is 20.7. The van der Waals surface area contributed by atoms with Crippen molar-refractivity contribution in [1.82, 2.24) is 14.9 Å². The summed E-state index contributed by atoms with van der Waals surface area (Å²) in [7, 11) is 1.74. The van der Waals surface area contributed by atoms with E-state index in [4.69, 9.17) is 4.74 Å². The maximum atomic E-state index is 13.1. The van der Waals surface area contributed by atoms with Gasteiger partial charge in [-0.05, 0) is 25.5 Å². The summed E-state index contributed by atoms with van der Waals surface area (Å²) in [5.74, 6) is 0.358. The summed E-state index contributed by atoms with van der Waals surface area (Å²) in [6, 6.07) is 11.6. The van der Waals surface area contributed by atoms with Crippen LogP contribution in [0.15, 0.2) is 36.4 Å². The number of nitrogens with zero attached hydrogens (tertiary/aromatic N) is 3. The SMILES string of the molecule is CNc1nc(C)cc(C(=O)N2C[C@H](C)OC[C@H]2c2ccccc2)n1. The van der Waals surface area contributed by atoms with E-state index < -0.39 is 0 Å². The van der Waals surface area contributed by atoms with Crippen LogP contribution >= 0.6 is 0 Å². The lowest BCUT2D eigenvalue weighted by Gasteiger charge is -2.38. The predicted octanol–water partition coefficient (Wildman–Crippen LogP) is 2.43. The molecule has 2 heterocycles. The van der Waals surface area contributed by atoms with Crippen LogP contribution in [-0.2, 0) is 4.74 Å². The van der Waals surface area contributed by atoms with Crippen LogP contribution in [0.1, 0.15) is 34.7 Å². The molecule has 1 amide bonds. The highest BCUT2D eigenvalue weighted by molar-refractivity contribution is 5.93. The minimum Gasteiger partial charge on any atom is -0.374 e. The van der Waals surface area contributed by atoms with Crippen LogP contribution < -0.4 is 5.32 Å². The van der Waals surface area contributed by atoms with Gasteiger partial charge in [0.25, 0.3) is 5.91 Å². The fourth-order valence-electron chi connectivity index (χ4n) is 2.92. The molecule has 2 atom stereocenters. The highest BCUT2D eigenvalue weighted by Crippen LogP contribution is 2.27. The van der Waals surface area contributed by atoms with Gasteiger partial charge < -0.3 is 15.0 Å². The van der Waals surface area contributed by atoms with E-state index in [-0.39, 0.29) is 18.1 Å². The molecule has 0 unspecified atom stereocenters.